The molecule has 3 N–H and O–H groups in total. The van der Waals surface area contributed by atoms with Crippen LogP contribution in [0.5, 0.6) is 0 Å². The number of primary amides is 1. The Hall–Kier alpha value is -1.85. The van der Waals surface area contributed by atoms with Crippen LogP contribution >= 0.6 is 11.8 Å². The number of rotatable bonds is 7. The molecule has 0 aliphatic carbocycles. The number of carbonyl (C=O) groups excluding carboxylic acids is 1. The topological polar surface area (TPSA) is 55.1 Å². The molecule has 0 unspecified atom stereocenters. The molecule has 21 heavy (non-hydrogen) atoms. The Bertz CT molecular complexity index is 592. The summed E-state index contributed by atoms with van der Waals surface area (Å²) in [4.78, 5) is 12.1. The highest BCUT2D eigenvalue weighted by molar-refractivity contribution is 7.99. The summed E-state index contributed by atoms with van der Waals surface area (Å²) in [5, 5.41) is 3.11. The molecule has 0 heterocycles. The Kier molecular flexibility index (Phi) is 5.78. The van der Waals surface area contributed by atoms with E-state index in [4.69, 9.17) is 5.73 Å². The monoisotopic (exact) mass is 304 g/mol. The van der Waals surface area contributed by atoms with Crippen LogP contribution in [-0.4, -0.2) is 18.2 Å². The zero-order valence-electron chi connectivity index (χ0n) is 11.5. The molecule has 0 aromatic heterocycles. The summed E-state index contributed by atoms with van der Waals surface area (Å²) in [6, 6.07) is 15.4. The number of thioether (sulfide) groups is 1. The molecular weight excluding hydrogens is 287 g/mol. The highest BCUT2D eigenvalue weighted by atomic mass is 32.2. The summed E-state index contributed by atoms with van der Waals surface area (Å²) in [6.45, 7) is 0.557. The first-order valence-electron chi connectivity index (χ1n) is 6.63. The van der Waals surface area contributed by atoms with Gasteiger partial charge in [0.05, 0.1) is 0 Å². The third-order valence-corrected chi connectivity index (χ3v) is 4.01. The van der Waals surface area contributed by atoms with Gasteiger partial charge in [-0.25, -0.2) is 4.39 Å². The predicted octanol–water partition coefficient (Wildman–Crippen LogP) is 2.73. The summed E-state index contributed by atoms with van der Waals surface area (Å²) in [6.07, 6.45) is 0. The van der Waals surface area contributed by atoms with E-state index < -0.39 is 11.9 Å². The van der Waals surface area contributed by atoms with Crippen molar-refractivity contribution in [3.8, 4) is 0 Å². The first kappa shape index (κ1) is 15.5. The van der Waals surface area contributed by atoms with Crippen molar-refractivity contribution in [3.05, 3.63) is 66.0 Å². The van der Waals surface area contributed by atoms with E-state index in [0.29, 0.717) is 17.2 Å². The van der Waals surface area contributed by atoms with Gasteiger partial charge in [-0.05, 0) is 17.7 Å². The van der Waals surface area contributed by atoms with Crippen molar-refractivity contribution in [1.29, 1.82) is 0 Å². The molecule has 2 rings (SSSR count). The molecule has 1 atom stereocenters. The molecule has 1 amide bonds. The first-order chi connectivity index (χ1) is 10.2. The predicted molar refractivity (Wildman–Crippen MR) is 83.5 cm³/mol. The molecule has 0 radical (unpaired) electrons. The normalized spacial score (nSPS) is 12.0. The fourth-order valence-electron chi connectivity index (χ4n) is 1.95. The van der Waals surface area contributed by atoms with E-state index >= 15 is 0 Å². The van der Waals surface area contributed by atoms with Gasteiger partial charge in [-0.1, -0.05) is 42.5 Å². The highest BCUT2D eigenvalue weighted by Crippen LogP contribution is 2.20. The molecular formula is C16H17FN2OS. The first-order valence-corrected chi connectivity index (χ1v) is 7.62. The standard InChI is InChI=1S/C16H17FN2OS/c17-13-8-4-5-9-14(13)21-11-10-19-15(16(18)20)12-6-2-1-3-7-12/h1-9,15,19H,10-11H2,(H2,18,20)/t15-/m1/s1. The van der Waals surface area contributed by atoms with Crippen molar-refractivity contribution >= 4 is 17.7 Å². The molecule has 3 nitrogen and oxygen atoms in total. The maximum atomic E-state index is 13.5. The number of amides is 1. The molecule has 2 aromatic rings. The van der Waals surface area contributed by atoms with Crippen LogP contribution in [0.1, 0.15) is 11.6 Å². The highest BCUT2D eigenvalue weighted by Gasteiger charge is 2.16. The Morgan fingerprint density at radius 2 is 1.81 bits per heavy atom. The molecule has 2 aromatic carbocycles. The number of carbonyl (C=O) groups is 1. The number of hydrogen-bond donors (Lipinski definition) is 2. The van der Waals surface area contributed by atoms with Gasteiger partial charge >= 0.3 is 0 Å². The maximum Gasteiger partial charge on any atom is 0.239 e. The molecule has 0 aliphatic rings. The number of hydrogen-bond acceptors (Lipinski definition) is 3. The molecule has 110 valence electrons. The van der Waals surface area contributed by atoms with Crippen molar-refractivity contribution in [2.24, 2.45) is 5.73 Å². The minimum atomic E-state index is -0.521. The van der Waals surface area contributed by atoms with E-state index in [2.05, 4.69) is 5.32 Å². The third-order valence-electron chi connectivity index (χ3n) is 2.96. The zero-order valence-corrected chi connectivity index (χ0v) is 12.3. The van der Waals surface area contributed by atoms with Crippen molar-refractivity contribution in [3.63, 3.8) is 0 Å². The molecule has 0 aliphatic heterocycles. The van der Waals surface area contributed by atoms with Gasteiger partial charge in [0.25, 0.3) is 0 Å². The van der Waals surface area contributed by atoms with Crippen molar-refractivity contribution in [2.45, 2.75) is 10.9 Å². The summed E-state index contributed by atoms with van der Waals surface area (Å²) in [7, 11) is 0. The van der Waals surface area contributed by atoms with Gasteiger partial charge in [0.15, 0.2) is 0 Å². The van der Waals surface area contributed by atoms with Crippen LogP contribution in [0.25, 0.3) is 0 Å². The second-order valence-electron chi connectivity index (χ2n) is 4.48. The second-order valence-corrected chi connectivity index (χ2v) is 5.62. The minimum Gasteiger partial charge on any atom is -0.368 e. The summed E-state index contributed by atoms with van der Waals surface area (Å²) < 4.78 is 13.5. The number of nitrogens with two attached hydrogens (primary N) is 1. The van der Waals surface area contributed by atoms with Gasteiger partial charge < -0.3 is 11.1 Å². The van der Waals surface area contributed by atoms with Crippen LogP contribution in [-0.2, 0) is 4.79 Å². The van der Waals surface area contributed by atoms with E-state index in [1.165, 1.54) is 17.8 Å². The lowest BCUT2D eigenvalue weighted by Gasteiger charge is -2.15. The van der Waals surface area contributed by atoms with E-state index in [0.717, 1.165) is 5.56 Å². The Morgan fingerprint density at radius 3 is 2.48 bits per heavy atom. The molecule has 5 heteroatoms. The summed E-state index contributed by atoms with van der Waals surface area (Å²) in [5.74, 6) is 0.00599. The largest absolute Gasteiger partial charge is 0.368 e. The second kappa shape index (κ2) is 7.81. The molecule has 0 saturated heterocycles. The minimum absolute atomic E-state index is 0.225. The quantitative estimate of drug-likeness (QED) is 0.611. The van der Waals surface area contributed by atoms with Crippen LogP contribution in [0, 0.1) is 5.82 Å². The number of nitrogens with one attached hydrogen (secondary N) is 1. The van der Waals surface area contributed by atoms with E-state index in [1.54, 1.807) is 18.2 Å². The summed E-state index contributed by atoms with van der Waals surface area (Å²) >= 11 is 1.41. The Morgan fingerprint density at radius 1 is 1.14 bits per heavy atom. The van der Waals surface area contributed by atoms with Gasteiger partial charge in [-0.3, -0.25) is 4.79 Å². The van der Waals surface area contributed by atoms with E-state index in [1.807, 2.05) is 30.3 Å². The van der Waals surface area contributed by atoms with Gasteiger partial charge in [0.1, 0.15) is 11.9 Å². The molecule has 0 fully saturated rings. The summed E-state index contributed by atoms with van der Waals surface area (Å²) in [5.41, 5.74) is 6.25. The number of benzene rings is 2. The van der Waals surface area contributed by atoms with E-state index in [-0.39, 0.29) is 5.82 Å². The van der Waals surface area contributed by atoms with E-state index in [9.17, 15) is 9.18 Å². The lowest BCUT2D eigenvalue weighted by Crippen LogP contribution is -2.34. The molecule has 0 bridgehead atoms. The fourth-order valence-corrected chi connectivity index (χ4v) is 2.77. The maximum absolute atomic E-state index is 13.5. The average Bonchev–Trinajstić information content (AvgIpc) is 2.49. The lowest BCUT2D eigenvalue weighted by molar-refractivity contribution is -0.120. The SMILES string of the molecule is NC(=O)[C@H](NCCSc1ccccc1F)c1ccccc1. The Balaban J connectivity index is 1.86. The van der Waals surface area contributed by atoms with Crippen LogP contribution < -0.4 is 11.1 Å². The van der Waals surface area contributed by atoms with Crippen LogP contribution in [0.3, 0.4) is 0 Å². The van der Waals surface area contributed by atoms with Crippen molar-refractivity contribution in [2.75, 3.05) is 12.3 Å². The van der Waals surface area contributed by atoms with Crippen molar-refractivity contribution in [1.82, 2.24) is 5.32 Å². The lowest BCUT2D eigenvalue weighted by atomic mass is 10.1. The number of halogens is 1. The smallest absolute Gasteiger partial charge is 0.239 e. The van der Waals surface area contributed by atoms with Gasteiger partial charge in [0, 0.05) is 17.2 Å². The third kappa shape index (κ3) is 4.58. The molecule has 0 spiro atoms. The fraction of sp³-hybridized carbons (Fsp3) is 0.188. The average molecular weight is 304 g/mol. The van der Waals surface area contributed by atoms with Gasteiger partial charge in [-0.2, -0.15) is 0 Å². The molecule has 0 saturated carbocycles. The van der Waals surface area contributed by atoms with Gasteiger partial charge in [0.2, 0.25) is 5.91 Å². The van der Waals surface area contributed by atoms with Crippen LogP contribution in [0.4, 0.5) is 4.39 Å². The zero-order chi connectivity index (χ0) is 15.1. The van der Waals surface area contributed by atoms with Gasteiger partial charge in [-0.15, -0.1) is 11.8 Å². The van der Waals surface area contributed by atoms with Crippen LogP contribution in [0.2, 0.25) is 0 Å². The van der Waals surface area contributed by atoms with Crippen molar-refractivity contribution < 1.29 is 9.18 Å². The van der Waals surface area contributed by atoms with Crippen LogP contribution in [0.15, 0.2) is 59.5 Å². The Labute approximate surface area is 127 Å².